The number of halogens is 3. The molecule has 3 N–H and O–H groups in total. The summed E-state index contributed by atoms with van der Waals surface area (Å²) >= 11 is 0. The molecule has 0 aliphatic carbocycles. The van der Waals surface area contributed by atoms with E-state index in [9.17, 15) is 23.1 Å². The summed E-state index contributed by atoms with van der Waals surface area (Å²) in [5.74, 6) is -2.26. The van der Waals surface area contributed by atoms with Crippen LogP contribution in [0.15, 0.2) is 36.4 Å². The van der Waals surface area contributed by atoms with Crippen LogP contribution in [0.25, 0.3) is 0 Å². The smallest absolute Gasteiger partial charge is 0.319 e. The van der Waals surface area contributed by atoms with Gasteiger partial charge in [-0.2, -0.15) is 0 Å². The molecule has 2 rings (SSSR count). The first-order valence-corrected chi connectivity index (χ1v) is 6.92. The zero-order valence-corrected chi connectivity index (χ0v) is 12.6. The molecule has 0 spiro atoms. The summed E-state index contributed by atoms with van der Waals surface area (Å²) < 4.78 is 45.1. The maximum Gasteiger partial charge on any atom is 0.319 e. The van der Waals surface area contributed by atoms with Gasteiger partial charge >= 0.3 is 6.03 Å². The van der Waals surface area contributed by atoms with Gasteiger partial charge in [-0.05, 0) is 24.3 Å². The minimum Gasteiger partial charge on any atom is -0.494 e. The molecule has 5 nitrogen and oxygen atoms in total. The van der Waals surface area contributed by atoms with Crippen molar-refractivity contribution in [3.8, 4) is 5.75 Å². The van der Waals surface area contributed by atoms with Crippen LogP contribution < -0.4 is 15.4 Å². The number of rotatable bonds is 5. The molecule has 2 aromatic rings. The zero-order valence-electron chi connectivity index (χ0n) is 12.6. The Morgan fingerprint density at radius 3 is 2.50 bits per heavy atom. The fourth-order valence-electron chi connectivity index (χ4n) is 2.06. The van der Waals surface area contributed by atoms with Gasteiger partial charge in [-0.15, -0.1) is 0 Å². The average molecular weight is 340 g/mol. The van der Waals surface area contributed by atoms with Gasteiger partial charge in [0.25, 0.3) is 0 Å². The number of ether oxygens (including phenoxy) is 1. The predicted octanol–water partition coefficient (Wildman–Crippen LogP) is 2.97. The second-order valence-electron chi connectivity index (χ2n) is 4.83. The number of hydrogen-bond donors (Lipinski definition) is 3. The average Bonchev–Trinajstić information content (AvgIpc) is 2.54. The molecule has 0 radical (unpaired) electrons. The van der Waals surface area contributed by atoms with E-state index in [1.165, 1.54) is 19.2 Å². The number of aliphatic hydroxyl groups excluding tert-OH is 1. The summed E-state index contributed by atoms with van der Waals surface area (Å²) in [6, 6.07) is 5.93. The molecule has 24 heavy (non-hydrogen) atoms. The van der Waals surface area contributed by atoms with Gasteiger partial charge in [0.2, 0.25) is 0 Å². The molecule has 0 aromatic heterocycles. The number of nitrogens with one attached hydrogen (secondary N) is 2. The summed E-state index contributed by atoms with van der Waals surface area (Å²) in [6.45, 7) is -0.423. The highest BCUT2D eigenvalue weighted by Crippen LogP contribution is 2.25. The van der Waals surface area contributed by atoms with Crippen molar-refractivity contribution in [2.24, 2.45) is 0 Å². The quantitative estimate of drug-likeness (QED) is 0.784. The van der Waals surface area contributed by atoms with Gasteiger partial charge in [-0.3, -0.25) is 0 Å². The second kappa shape index (κ2) is 7.69. The number of urea groups is 1. The molecule has 0 heterocycles. The summed E-state index contributed by atoms with van der Waals surface area (Å²) in [6.07, 6.45) is -1.56. The normalized spacial score (nSPS) is 11.7. The van der Waals surface area contributed by atoms with Crippen LogP contribution in [0.2, 0.25) is 0 Å². The number of aliphatic hydroxyl groups is 1. The molecule has 2 amide bonds. The van der Waals surface area contributed by atoms with E-state index in [2.05, 4.69) is 10.6 Å². The van der Waals surface area contributed by atoms with Crippen molar-refractivity contribution in [1.82, 2.24) is 5.32 Å². The number of methoxy groups -OCH3 is 1. The molecule has 0 fully saturated rings. The Morgan fingerprint density at radius 2 is 1.88 bits per heavy atom. The first kappa shape index (κ1) is 17.6. The van der Waals surface area contributed by atoms with Gasteiger partial charge in [0.1, 0.15) is 29.3 Å². The van der Waals surface area contributed by atoms with Crippen molar-refractivity contribution in [3.63, 3.8) is 0 Å². The van der Waals surface area contributed by atoms with Gasteiger partial charge in [0.15, 0.2) is 0 Å². The Balaban J connectivity index is 1.98. The Morgan fingerprint density at radius 1 is 1.21 bits per heavy atom. The number of benzene rings is 2. The number of hydrogen-bond acceptors (Lipinski definition) is 3. The van der Waals surface area contributed by atoms with Crippen molar-refractivity contribution in [1.29, 1.82) is 0 Å². The third kappa shape index (κ3) is 4.17. The van der Waals surface area contributed by atoms with Crippen LogP contribution in [0.5, 0.6) is 5.75 Å². The van der Waals surface area contributed by atoms with Crippen molar-refractivity contribution < 1.29 is 27.8 Å². The Labute approximate surface area is 136 Å². The molecule has 128 valence electrons. The van der Waals surface area contributed by atoms with E-state index in [4.69, 9.17) is 4.74 Å². The van der Waals surface area contributed by atoms with E-state index < -0.39 is 41.7 Å². The SMILES string of the molecule is COc1cc(F)ccc1NC(=O)NCC(O)c1c(F)cccc1F. The Kier molecular flexibility index (Phi) is 5.64. The molecule has 1 unspecified atom stereocenters. The summed E-state index contributed by atoms with van der Waals surface area (Å²) in [7, 11) is 1.31. The lowest BCUT2D eigenvalue weighted by molar-refractivity contribution is 0.166. The lowest BCUT2D eigenvalue weighted by Gasteiger charge is -2.15. The third-order valence-electron chi connectivity index (χ3n) is 3.20. The predicted molar refractivity (Wildman–Crippen MR) is 81.3 cm³/mol. The van der Waals surface area contributed by atoms with Crippen LogP contribution in [0.3, 0.4) is 0 Å². The van der Waals surface area contributed by atoms with Gasteiger partial charge in [0, 0.05) is 12.6 Å². The van der Waals surface area contributed by atoms with Gasteiger partial charge < -0.3 is 20.5 Å². The topological polar surface area (TPSA) is 70.6 Å². The number of anilines is 1. The molecular formula is C16H15F3N2O3. The van der Waals surface area contributed by atoms with E-state index in [0.29, 0.717) is 0 Å². The molecule has 0 saturated carbocycles. The van der Waals surface area contributed by atoms with E-state index in [0.717, 1.165) is 24.3 Å². The molecular weight excluding hydrogens is 325 g/mol. The second-order valence-corrected chi connectivity index (χ2v) is 4.83. The Bertz CT molecular complexity index is 720. The third-order valence-corrected chi connectivity index (χ3v) is 3.20. The number of carbonyl (C=O) groups is 1. The molecule has 0 saturated heterocycles. The summed E-state index contributed by atoms with van der Waals surface area (Å²) in [4.78, 5) is 11.8. The molecule has 0 bridgehead atoms. The first-order chi connectivity index (χ1) is 11.4. The van der Waals surface area contributed by atoms with Crippen molar-refractivity contribution in [3.05, 3.63) is 59.4 Å². The van der Waals surface area contributed by atoms with E-state index in [1.807, 2.05) is 0 Å². The standard InChI is InChI=1S/C16H15F3N2O3/c1-24-14-7-9(17)5-6-12(14)21-16(23)20-8-13(22)15-10(18)3-2-4-11(15)19/h2-7,13,22H,8H2,1H3,(H2,20,21,23). The minimum atomic E-state index is -1.56. The van der Waals surface area contributed by atoms with Crippen LogP contribution in [-0.2, 0) is 0 Å². The van der Waals surface area contributed by atoms with Crippen LogP contribution in [0.1, 0.15) is 11.7 Å². The highest BCUT2D eigenvalue weighted by molar-refractivity contribution is 5.90. The minimum absolute atomic E-state index is 0.103. The summed E-state index contributed by atoms with van der Waals surface area (Å²) in [5, 5.41) is 14.5. The number of carbonyl (C=O) groups excluding carboxylic acids is 1. The maximum absolute atomic E-state index is 13.5. The molecule has 1 atom stereocenters. The lowest BCUT2D eigenvalue weighted by atomic mass is 10.1. The maximum atomic E-state index is 13.5. The molecule has 8 heteroatoms. The van der Waals surface area contributed by atoms with Crippen LogP contribution in [0, 0.1) is 17.5 Å². The molecule has 0 aliphatic rings. The van der Waals surface area contributed by atoms with E-state index in [-0.39, 0.29) is 11.4 Å². The fourth-order valence-corrected chi connectivity index (χ4v) is 2.06. The van der Waals surface area contributed by atoms with Crippen molar-refractivity contribution >= 4 is 11.7 Å². The number of amides is 2. The van der Waals surface area contributed by atoms with Crippen LogP contribution in [0.4, 0.5) is 23.7 Å². The largest absolute Gasteiger partial charge is 0.494 e. The van der Waals surface area contributed by atoms with Crippen LogP contribution in [-0.4, -0.2) is 24.8 Å². The summed E-state index contributed by atoms with van der Waals surface area (Å²) in [5.41, 5.74) is -0.333. The van der Waals surface area contributed by atoms with Crippen LogP contribution >= 0.6 is 0 Å². The monoisotopic (exact) mass is 340 g/mol. The van der Waals surface area contributed by atoms with Crippen molar-refractivity contribution in [2.75, 3.05) is 19.0 Å². The van der Waals surface area contributed by atoms with Gasteiger partial charge in [-0.1, -0.05) is 6.07 Å². The van der Waals surface area contributed by atoms with Gasteiger partial charge in [-0.25, -0.2) is 18.0 Å². The lowest BCUT2D eigenvalue weighted by Crippen LogP contribution is -2.33. The Hall–Kier alpha value is -2.74. The molecule has 0 aliphatic heterocycles. The van der Waals surface area contributed by atoms with Crippen molar-refractivity contribution in [2.45, 2.75) is 6.10 Å². The first-order valence-electron chi connectivity index (χ1n) is 6.92. The zero-order chi connectivity index (χ0) is 17.7. The molecule has 2 aromatic carbocycles. The van der Waals surface area contributed by atoms with Gasteiger partial charge in [0.05, 0.1) is 18.4 Å². The fraction of sp³-hybridized carbons (Fsp3) is 0.188. The van der Waals surface area contributed by atoms with E-state index in [1.54, 1.807) is 0 Å². The highest BCUT2D eigenvalue weighted by Gasteiger charge is 2.18. The highest BCUT2D eigenvalue weighted by atomic mass is 19.1. The van der Waals surface area contributed by atoms with E-state index >= 15 is 0 Å².